The van der Waals surface area contributed by atoms with Gasteiger partial charge in [-0.15, -0.1) is 0 Å². The molecule has 1 fully saturated rings. The molecule has 21 heavy (non-hydrogen) atoms. The molecule has 0 aromatic rings. The Bertz CT molecular complexity index is 369. The van der Waals surface area contributed by atoms with Crippen LogP contribution in [0.1, 0.15) is 66.2 Å². The molecule has 122 valence electrons. The van der Waals surface area contributed by atoms with Crippen molar-refractivity contribution in [1.82, 2.24) is 10.2 Å². The smallest absolute Gasteiger partial charge is 0.327 e. The second-order valence-corrected chi connectivity index (χ2v) is 6.87. The number of carboxylic acids is 1. The molecule has 0 aromatic heterocycles. The van der Waals surface area contributed by atoms with E-state index < -0.39 is 12.0 Å². The molecule has 0 aromatic carbocycles. The quantitative estimate of drug-likeness (QED) is 0.740. The molecule has 0 spiro atoms. The highest BCUT2D eigenvalue weighted by molar-refractivity contribution is 5.83. The maximum absolute atomic E-state index is 12.4. The van der Waals surface area contributed by atoms with Crippen LogP contribution >= 0.6 is 0 Å². The monoisotopic (exact) mass is 298 g/mol. The fourth-order valence-corrected chi connectivity index (χ4v) is 3.15. The lowest BCUT2D eigenvalue weighted by molar-refractivity contribution is -0.148. The lowest BCUT2D eigenvalue weighted by atomic mass is 9.76. The van der Waals surface area contributed by atoms with Gasteiger partial charge >= 0.3 is 12.0 Å². The largest absolute Gasteiger partial charge is 0.480 e. The van der Waals surface area contributed by atoms with Gasteiger partial charge in [0.2, 0.25) is 0 Å². The molecule has 1 heterocycles. The van der Waals surface area contributed by atoms with Gasteiger partial charge < -0.3 is 15.3 Å². The summed E-state index contributed by atoms with van der Waals surface area (Å²) in [6.45, 7) is 8.51. The maximum Gasteiger partial charge on any atom is 0.327 e. The van der Waals surface area contributed by atoms with Crippen LogP contribution in [0.15, 0.2) is 0 Å². The minimum absolute atomic E-state index is 0.0866. The highest BCUT2D eigenvalue weighted by Gasteiger charge is 2.44. The first-order valence-corrected chi connectivity index (χ1v) is 8.09. The SMILES string of the molecule is CCCCCC(C)NC(=O)N1CCCC(C)(C)C1C(=O)O. The number of hydrogen-bond acceptors (Lipinski definition) is 2. The van der Waals surface area contributed by atoms with Crippen LogP contribution in [0, 0.1) is 5.41 Å². The number of nitrogens with one attached hydrogen (secondary N) is 1. The van der Waals surface area contributed by atoms with E-state index in [-0.39, 0.29) is 17.5 Å². The number of rotatable bonds is 6. The third kappa shape index (κ3) is 4.90. The molecule has 2 unspecified atom stereocenters. The summed E-state index contributed by atoms with van der Waals surface area (Å²) in [4.78, 5) is 25.5. The molecule has 1 saturated heterocycles. The van der Waals surface area contributed by atoms with Crippen LogP contribution in [-0.4, -0.2) is 40.6 Å². The van der Waals surface area contributed by atoms with Gasteiger partial charge in [-0.1, -0.05) is 40.0 Å². The molecule has 2 amide bonds. The minimum atomic E-state index is -0.909. The van der Waals surface area contributed by atoms with Gasteiger partial charge in [-0.3, -0.25) is 0 Å². The van der Waals surface area contributed by atoms with Crippen LogP contribution in [-0.2, 0) is 4.79 Å². The van der Waals surface area contributed by atoms with E-state index in [1.165, 1.54) is 4.90 Å². The van der Waals surface area contributed by atoms with Gasteiger partial charge in [-0.25, -0.2) is 9.59 Å². The lowest BCUT2D eigenvalue weighted by Gasteiger charge is -2.44. The van der Waals surface area contributed by atoms with Gasteiger partial charge in [-0.05, 0) is 31.6 Å². The summed E-state index contributed by atoms with van der Waals surface area (Å²) < 4.78 is 0. The normalized spacial score (nSPS) is 22.7. The Labute approximate surface area is 128 Å². The summed E-state index contributed by atoms with van der Waals surface area (Å²) >= 11 is 0. The van der Waals surface area contributed by atoms with E-state index in [1.807, 2.05) is 20.8 Å². The second-order valence-electron chi connectivity index (χ2n) is 6.87. The van der Waals surface area contributed by atoms with Crippen molar-refractivity contribution in [2.75, 3.05) is 6.54 Å². The zero-order valence-electron chi connectivity index (χ0n) is 13.8. The molecule has 1 aliphatic rings. The van der Waals surface area contributed by atoms with Crippen LogP contribution < -0.4 is 5.32 Å². The van der Waals surface area contributed by atoms with Crippen molar-refractivity contribution in [2.45, 2.75) is 78.3 Å². The molecule has 1 rings (SSSR count). The van der Waals surface area contributed by atoms with E-state index in [0.29, 0.717) is 6.54 Å². The van der Waals surface area contributed by atoms with Crippen LogP contribution in [0.2, 0.25) is 0 Å². The predicted octanol–water partition coefficient (Wildman–Crippen LogP) is 3.24. The molecule has 0 aliphatic carbocycles. The van der Waals surface area contributed by atoms with Crippen molar-refractivity contribution in [3.05, 3.63) is 0 Å². The van der Waals surface area contributed by atoms with Gasteiger partial charge in [0.15, 0.2) is 0 Å². The Hall–Kier alpha value is -1.26. The van der Waals surface area contributed by atoms with Gasteiger partial charge in [0.05, 0.1) is 0 Å². The number of unbranched alkanes of at least 4 members (excludes halogenated alkanes) is 2. The fraction of sp³-hybridized carbons (Fsp3) is 0.875. The van der Waals surface area contributed by atoms with Crippen molar-refractivity contribution in [3.63, 3.8) is 0 Å². The van der Waals surface area contributed by atoms with Crippen LogP contribution in [0.3, 0.4) is 0 Å². The zero-order valence-corrected chi connectivity index (χ0v) is 13.8. The number of urea groups is 1. The topological polar surface area (TPSA) is 69.6 Å². The van der Waals surface area contributed by atoms with E-state index >= 15 is 0 Å². The highest BCUT2D eigenvalue weighted by Crippen LogP contribution is 2.35. The van der Waals surface area contributed by atoms with Crippen LogP contribution in [0.25, 0.3) is 0 Å². The summed E-state index contributed by atoms with van der Waals surface area (Å²) in [6, 6.07) is -0.892. The van der Waals surface area contributed by atoms with Crippen molar-refractivity contribution >= 4 is 12.0 Å². The summed E-state index contributed by atoms with van der Waals surface area (Å²) in [5, 5.41) is 12.4. The summed E-state index contributed by atoms with van der Waals surface area (Å²) in [6.07, 6.45) is 6.03. The van der Waals surface area contributed by atoms with Crippen molar-refractivity contribution in [1.29, 1.82) is 0 Å². The maximum atomic E-state index is 12.4. The van der Waals surface area contributed by atoms with Gasteiger partial charge in [0, 0.05) is 12.6 Å². The van der Waals surface area contributed by atoms with Gasteiger partial charge in [0.1, 0.15) is 6.04 Å². The molecule has 1 aliphatic heterocycles. The molecule has 0 saturated carbocycles. The third-order valence-corrected chi connectivity index (χ3v) is 4.38. The molecule has 2 atom stereocenters. The first-order chi connectivity index (χ1) is 9.79. The number of piperidine rings is 1. The number of carbonyl (C=O) groups excluding carboxylic acids is 1. The lowest BCUT2D eigenvalue weighted by Crippen LogP contribution is -2.59. The second kappa shape index (κ2) is 7.66. The van der Waals surface area contributed by atoms with E-state index in [4.69, 9.17) is 0 Å². The van der Waals surface area contributed by atoms with Crippen LogP contribution in [0.5, 0.6) is 0 Å². The number of nitrogens with zero attached hydrogens (tertiary/aromatic N) is 1. The van der Waals surface area contributed by atoms with Crippen LogP contribution in [0.4, 0.5) is 4.79 Å². The molecule has 2 N–H and O–H groups in total. The standard InChI is InChI=1S/C16H30N2O3/c1-5-6-7-9-12(2)17-15(21)18-11-8-10-16(3,4)13(18)14(19)20/h12-13H,5-11H2,1-4H3,(H,17,21)(H,19,20). The van der Waals surface area contributed by atoms with Crippen molar-refractivity contribution in [2.24, 2.45) is 5.41 Å². The Kier molecular flexibility index (Phi) is 6.49. The number of amides is 2. The summed E-state index contributed by atoms with van der Waals surface area (Å²) in [5.74, 6) is -0.909. The number of carbonyl (C=O) groups is 2. The highest BCUT2D eigenvalue weighted by atomic mass is 16.4. The van der Waals surface area contributed by atoms with E-state index in [9.17, 15) is 14.7 Å². The van der Waals surface area contributed by atoms with Crippen molar-refractivity contribution < 1.29 is 14.7 Å². The average Bonchev–Trinajstić information content (AvgIpc) is 2.36. The number of aliphatic carboxylic acids is 1. The van der Waals surface area contributed by atoms with Gasteiger partial charge in [-0.2, -0.15) is 0 Å². The first-order valence-electron chi connectivity index (χ1n) is 8.09. The summed E-state index contributed by atoms with van der Waals surface area (Å²) in [5.41, 5.74) is -0.382. The Morgan fingerprint density at radius 1 is 1.38 bits per heavy atom. The van der Waals surface area contributed by atoms with Gasteiger partial charge in [0.25, 0.3) is 0 Å². The predicted molar refractivity (Wildman–Crippen MR) is 83.3 cm³/mol. The van der Waals surface area contributed by atoms with E-state index in [1.54, 1.807) is 0 Å². The zero-order chi connectivity index (χ0) is 16.0. The average molecular weight is 298 g/mol. The third-order valence-electron chi connectivity index (χ3n) is 4.38. The first kappa shape index (κ1) is 17.8. The molecule has 5 heteroatoms. The number of hydrogen-bond donors (Lipinski definition) is 2. The molecular weight excluding hydrogens is 268 g/mol. The van der Waals surface area contributed by atoms with E-state index in [0.717, 1.165) is 38.5 Å². The Morgan fingerprint density at radius 2 is 2.05 bits per heavy atom. The van der Waals surface area contributed by atoms with Crippen molar-refractivity contribution in [3.8, 4) is 0 Å². The fourth-order valence-electron chi connectivity index (χ4n) is 3.15. The molecule has 0 radical (unpaired) electrons. The number of likely N-dealkylation sites (tertiary alicyclic amines) is 1. The molecule has 0 bridgehead atoms. The van der Waals surface area contributed by atoms with E-state index in [2.05, 4.69) is 12.2 Å². The minimum Gasteiger partial charge on any atom is -0.480 e. The Morgan fingerprint density at radius 3 is 2.62 bits per heavy atom. The Balaban J connectivity index is 2.64. The number of carboxylic acid groups (broad SMARTS) is 1. The summed E-state index contributed by atoms with van der Waals surface area (Å²) in [7, 11) is 0. The molecular formula is C16H30N2O3. The molecule has 5 nitrogen and oxygen atoms in total.